The van der Waals surface area contributed by atoms with Gasteiger partial charge in [0.2, 0.25) is 0 Å². The first-order valence-electron chi connectivity index (χ1n) is 6.73. The second kappa shape index (κ2) is 6.78. The molecule has 1 aromatic heterocycles. The fraction of sp³-hybridized carbons (Fsp3) is 0.312. The number of hydrogen-bond acceptors (Lipinski definition) is 3. The van der Waals surface area contributed by atoms with Gasteiger partial charge in [-0.3, -0.25) is 0 Å². The van der Waals surface area contributed by atoms with Gasteiger partial charge in [0.05, 0.1) is 0 Å². The van der Waals surface area contributed by atoms with Crippen molar-refractivity contribution >= 4 is 5.82 Å². The topological polar surface area (TPSA) is 34.2 Å². The molecule has 0 atom stereocenters. The van der Waals surface area contributed by atoms with Crippen molar-refractivity contribution in [3.8, 4) is 5.75 Å². The molecule has 0 aliphatic rings. The van der Waals surface area contributed by atoms with Crippen LogP contribution < -0.4 is 10.1 Å². The Morgan fingerprint density at radius 3 is 2.63 bits per heavy atom. The van der Waals surface area contributed by atoms with E-state index in [-0.39, 0.29) is 0 Å². The molecule has 1 N–H and O–H groups in total. The molecule has 3 nitrogen and oxygen atoms in total. The predicted molar refractivity (Wildman–Crippen MR) is 78.6 cm³/mol. The lowest BCUT2D eigenvalue weighted by molar-refractivity contribution is 0.303. The second-order valence-electron chi connectivity index (χ2n) is 4.29. The number of pyridine rings is 1. The Bertz CT molecular complexity index is 526. The zero-order valence-corrected chi connectivity index (χ0v) is 11.5. The van der Waals surface area contributed by atoms with E-state index in [0.717, 1.165) is 30.1 Å². The first-order chi connectivity index (χ1) is 9.35. The van der Waals surface area contributed by atoms with Crippen LogP contribution in [0.15, 0.2) is 42.6 Å². The van der Waals surface area contributed by atoms with Crippen molar-refractivity contribution in [3.05, 3.63) is 53.7 Å². The van der Waals surface area contributed by atoms with E-state index in [1.807, 2.05) is 30.3 Å². The Morgan fingerprint density at radius 2 is 1.84 bits per heavy atom. The van der Waals surface area contributed by atoms with E-state index in [4.69, 9.17) is 4.74 Å². The van der Waals surface area contributed by atoms with Gasteiger partial charge in [-0.2, -0.15) is 0 Å². The van der Waals surface area contributed by atoms with E-state index in [2.05, 4.69) is 30.2 Å². The van der Waals surface area contributed by atoms with Crippen molar-refractivity contribution < 1.29 is 4.74 Å². The van der Waals surface area contributed by atoms with Gasteiger partial charge in [0.1, 0.15) is 18.2 Å². The fourth-order valence-corrected chi connectivity index (χ4v) is 1.97. The molecular formula is C16H20N2O. The molecule has 1 heterocycles. The van der Waals surface area contributed by atoms with E-state index in [9.17, 15) is 0 Å². The number of nitrogens with one attached hydrogen (secondary N) is 1. The van der Waals surface area contributed by atoms with Gasteiger partial charge in [0.25, 0.3) is 0 Å². The molecule has 0 saturated carbocycles. The summed E-state index contributed by atoms with van der Waals surface area (Å²) in [5.41, 5.74) is 2.31. The average molecular weight is 256 g/mol. The highest BCUT2D eigenvalue weighted by Crippen LogP contribution is 2.21. The summed E-state index contributed by atoms with van der Waals surface area (Å²) in [6, 6.07) is 12.1. The van der Waals surface area contributed by atoms with Crippen molar-refractivity contribution in [1.29, 1.82) is 0 Å². The van der Waals surface area contributed by atoms with Gasteiger partial charge < -0.3 is 10.1 Å². The van der Waals surface area contributed by atoms with Gasteiger partial charge >= 0.3 is 0 Å². The van der Waals surface area contributed by atoms with E-state index in [0.29, 0.717) is 6.61 Å². The van der Waals surface area contributed by atoms with E-state index < -0.39 is 0 Å². The normalized spacial score (nSPS) is 10.2. The number of nitrogens with zero attached hydrogens (tertiary/aromatic N) is 1. The zero-order valence-electron chi connectivity index (χ0n) is 11.5. The zero-order chi connectivity index (χ0) is 13.5. The number of aryl methyl sites for hydroxylation is 1. The lowest BCUT2D eigenvalue weighted by Crippen LogP contribution is -2.06. The van der Waals surface area contributed by atoms with Crippen LogP contribution in [-0.2, 0) is 13.0 Å². The number of benzene rings is 1. The van der Waals surface area contributed by atoms with Crippen LogP contribution in [0.25, 0.3) is 0 Å². The minimum Gasteiger partial charge on any atom is -0.488 e. The summed E-state index contributed by atoms with van der Waals surface area (Å²) in [5.74, 6) is 1.86. The molecule has 0 bridgehead atoms. The highest BCUT2D eigenvalue weighted by atomic mass is 16.5. The quantitative estimate of drug-likeness (QED) is 0.856. The van der Waals surface area contributed by atoms with Crippen LogP contribution >= 0.6 is 0 Å². The Kier molecular flexibility index (Phi) is 4.78. The van der Waals surface area contributed by atoms with Gasteiger partial charge in [-0.25, -0.2) is 4.98 Å². The Balaban J connectivity index is 2.10. The fourth-order valence-electron chi connectivity index (χ4n) is 1.97. The average Bonchev–Trinajstić information content (AvgIpc) is 2.47. The highest BCUT2D eigenvalue weighted by molar-refractivity contribution is 5.43. The molecule has 0 amide bonds. The number of para-hydroxylation sites is 1. The maximum atomic E-state index is 5.92. The molecule has 0 unspecified atom stereocenters. The summed E-state index contributed by atoms with van der Waals surface area (Å²) in [7, 11) is 0. The molecule has 0 aliphatic carbocycles. The number of rotatable bonds is 6. The predicted octanol–water partition coefficient (Wildman–Crippen LogP) is 3.65. The monoisotopic (exact) mass is 256 g/mol. The van der Waals surface area contributed by atoms with Crippen LogP contribution in [0.5, 0.6) is 5.75 Å². The Morgan fingerprint density at radius 1 is 1.05 bits per heavy atom. The van der Waals surface area contributed by atoms with Crippen molar-refractivity contribution in [2.24, 2.45) is 0 Å². The molecule has 0 radical (unpaired) electrons. The van der Waals surface area contributed by atoms with E-state index in [1.165, 1.54) is 5.56 Å². The molecule has 0 spiro atoms. The lowest BCUT2D eigenvalue weighted by Gasteiger charge is -2.13. The molecule has 2 rings (SSSR count). The largest absolute Gasteiger partial charge is 0.488 e. The van der Waals surface area contributed by atoms with Gasteiger partial charge in [-0.1, -0.05) is 31.2 Å². The lowest BCUT2D eigenvalue weighted by atomic mass is 10.1. The molecule has 0 saturated heterocycles. The molecule has 3 heteroatoms. The number of aromatic nitrogens is 1. The van der Waals surface area contributed by atoms with Crippen molar-refractivity contribution in [2.75, 3.05) is 11.9 Å². The van der Waals surface area contributed by atoms with Gasteiger partial charge in [-0.05, 0) is 31.0 Å². The molecular weight excluding hydrogens is 236 g/mol. The smallest absolute Gasteiger partial charge is 0.132 e. The van der Waals surface area contributed by atoms with Gasteiger partial charge in [0, 0.05) is 18.3 Å². The molecule has 1 aromatic carbocycles. The molecule has 19 heavy (non-hydrogen) atoms. The van der Waals surface area contributed by atoms with Crippen LogP contribution in [0, 0.1) is 0 Å². The van der Waals surface area contributed by atoms with Crippen LogP contribution in [0.1, 0.15) is 25.0 Å². The highest BCUT2D eigenvalue weighted by Gasteiger charge is 2.05. The number of ether oxygens (including phenoxy) is 1. The second-order valence-corrected chi connectivity index (χ2v) is 4.29. The molecule has 0 fully saturated rings. The first kappa shape index (κ1) is 13.4. The Hall–Kier alpha value is -2.03. The van der Waals surface area contributed by atoms with E-state index in [1.54, 1.807) is 6.20 Å². The minimum absolute atomic E-state index is 0.535. The summed E-state index contributed by atoms with van der Waals surface area (Å²) in [6.07, 6.45) is 2.77. The summed E-state index contributed by atoms with van der Waals surface area (Å²) in [5, 5.41) is 3.25. The van der Waals surface area contributed by atoms with Gasteiger partial charge in [0.15, 0.2) is 0 Å². The first-order valence-corrected chi connectivity index (χ1v) is 6.73. The molecule has 0 aliphatic heterocycles. The van der Waals surface area contributed by atoms with Crippen LogP contribution in [0.3, 0.4) is 0 Å². The maximum Gasteiger partial charge on any atom is 0.132 e. The van der Waals surface area contributed by atoms with Crippen molar-refractivity contribution in [1.82, 2.24) is 4.98 Å². The summed E-state index contributed by atoms with van der Waals surface area (Å²) < 4.78 is 5.92. The summed E-state index contributed by atoms with van der Waals surface area (Å²) in [6.45, 7) is 5.59. The van der Waals surface area contributed by atoms with Crippen molar-refractivity contribution in [2.45, 2.75) is 26.9 Å². The third kappa shape index (κ3) is 3.47. The SMILES string of the molecule is CCNc1ncccc1COc1ccccc1CC. The third-order valence-electron chi connectivity index (χ3n) is 2.97. The number of hydrogen-bond donors (Lipinski definition) is 1. The Labute approximate surface area is 114 Å². The van der Waals surface area contributed by atoms with E-state index >= 15 is 0 Å². The number of anilines is 1. The standard InChI is InChI=1S/C16H20N2O/c1-3-13-8-5-6-10-15(13)19-12-14-9-7-11-18-16(14)17-4-2/h5-11H,3-4,12H2,1-2H3,(H,17,18). The van der Waals surface area contributed by atoms with Crippen LogP contribution in [0.2, 0.25) is 0 Å². The summed E-state index contributed by atoms with van der Waals surface area (Å²) in [4.78, 5) is 4.33. The third-order valence-corrected chi connectivity index (χ3v) is 2.97. The molecule has 2 aromatic rings. The summed E-state index contributed by atoms with van der Waals surface area (Å²) >= 11 is 0. The minimum atomic E-state index is 0.535. The van der Waals surface area contributed by atoms with Crippen LogP contribution in [0.4, 0.5) is 5.82 Å². The van der Waals surface area contributed by atoms with Crippen molar-refractivity contribution in [3.63, 3.8) is 0 Å². The van der Waals surface area contributed by atoms with Gasteiger partial charge in [-0.15, -0.1) is 0 Å². The maximum absolute atomic E-state index is 5.92. The van der Waals surface area contributed by atoms with Crippen LogP contribution in [-0.4, -0.2) is 11.5 Å². The molecule has 100 valence electrons.